The topological polar surface area (TPSA) is 58.5 Å². The zero-order chi connectivity index (χ0) is 11.2. The second-order valence-corrected chi connectivity index (χ2v) is 3.55. The number of aliphatic hydroxyl groups is 1. The van der Waals surface area contributed by atoms with Gasteiger partial charge in [-0.25, -0.2) is 0 Å². The summed E-state index contributed by atoms with van der Waals surface area (Å²) in [5.41, 5.74) is 2.20. The van der Waals surface area contributed by atoms with E-state index in [4.69, 9.17) is 5.11 Å². The van der Waals surface area contributed by atoms with E-state index in [-0.39, 0.29) is 12.8 Å². The lowest BCUT2D eigenvalue weighted by molar-refractivity contribution is 0.305. The minimum atomic E-state index is 0. The van der Waals surface area contributed by atoms with Crippen LogP contribution in [0.3, 0.4) is 0 Å². The van der Waals surface area contributed by atoms with Crippen molar-refractivity contribution in [3.8, 4) is 0 Å². The van der Waals surface area contributed by atoms with Crippen molar-refractivity contribution in [1.82, 2.24) is 6.15 Å². The molecule has 4 N–H and O–H groups in total. The van der Waals surface area contributed by atoms with Crippen molar-refractivity contribution in [2.75, 3.05) is 18.1 Å². The first kappa shape index (κ1) is 13.2. The Hall–Kier alpha value is -1.84. The fourth-order valence-electron chi connectivity index (χ4n) is 1.72. The summed E-state index contributed by atoms with van der Waals surface area (Å²) in [5, 5.41) is 9.12. The number of aliphatic hydroxyl groups excluding tert-OH is 1. The van der Waals surface area contributed by atoms with E-state index in [1.54, 1.807) is 0 Å². The number of hydrogen-bond donors (Lipinski definition) is 2. The highest BCUT2D eigenvalue weighted by molar-refractivity contribution is 5.62. The van der Waals surface area contributed by atoms with E-state index in [2.05, 4.69) is 4.90 Å². The van der Waals surface area contributed by atoms with E-state index in [1.807, 2.05) is 60.7 Å². The Bertz CT molecular complexity index is 377. The monoisotopic (exact) mass is 230 g/mol. The maximum atomic E-state index is 9.12. The SMILES string of the molecule is N.OCCN(c1ccccc1)c1ccccc1. The summed E-state index contributed by atoms with van der Waals surface area (Å²) in [5.74, 6) is 0. The molecule has 0 aliphatic rings. The molecule has 0 unspecified atom stereocenters. The molecule has 0 amide bonds. The molecule has 0 spiro atoms. The average Bonchev–Trinajstić information content (AvgIpc) is 2.38. The maximum absolute atomic E-state index is 9.12. The third-order valence-corrected chi connectivity index (χ3v) is 2.46. The van der Waals surface area contributed by atoms with Gasteiger partial charge < -0.3 is 16.2 Å². The van der Waals surface area contributed by atoms with Gasteiger partial charge in [0, 0.05) is 17.9 Å². The Kier molecular flexibility index (Phi) is 5.20. The smallest absolute Gasteiger partial charge is 0.0610 e. The zero-order valence-electron chi connectivity index (χ0n) is 9.79. The van der Waals surface area contributed by atoms with Crippen molar-refractivity contribution < 1.29 is 5.11 Å². The molecule has 3 heteroatoms. The Balaban J connectivity index is 0.00000144. The molecule has 0 fully saturated rings. The van der Waals surface area contributed by atoms with Gasteiger partial charge in [-0.2, -0.15) is 0 Å². The lowest BCUT2D eigenvalue weighted by Crippen LogP contribution is -2.20. The molecular weight excluding hydrogens is 212 g/mol. The lowest BCUT2D eigenvalue weighted by atomic mass is 10.2. The van der Waals surface area contributed by atoms with E-state index in [1.165, 1.54) is 0 Å². The molecule has 0 aliphatic carbocycles. The standard InChI is InChI=1S/C14H15NO.H3N/c16-12-11-15(13-7-3-1-4-8-13)14-9-5-2-6-10-14;/h1-10,16H,11-12H2;1H3. The van der Waals surface area contributed by atoms with E-state index >= 15 is 0 Å². The van der Waals surface area contributed by atoms with Gasteiger partial charge in [0.2, 0.25) is 0 Å². The number of anilines is 2. The molecule has 0 atom stereocenters. The summed E-state index contributed by atoms with van der Waals surface area (Å²) >= 11 is 0. The summed E-state index contributed by atoms with van der Waals surface area (Å²) < 4.78 is 0. The Morgan fingerprint density at radius 1 is 0.765 bits per heavy atom. The summed E-state index contributed by atoms with van der Waals surface area (Å²) in [7, 11) is 0. The van der Waals surface area contributed by atoms with Crippen molar-refractivity contribution in [2.24, 2.45) is 0 Å². The minimum absolute atomic E-state index is 0. The number of rotatable bonds is 4. The second kappa shape index (κ2) is 6.68. The molecule has 17 heavy (non-hydrogen) atoms. The number of hydrogen-bond acceptors (Lipinski definition) is 3. The van der Waals surface area contributed by atoms with Crippen LogP contribution >= 0.6 is 0 Å². The molecule has 0 aromatic heterocycles. The minimum Gasteiger partial charge on any atom is -0.395 e. The molecule has 2 aromatic rings. The number of para-hydroxylation sites is 2. The second-order valence-electron chi connectivity index (χ2n) is 3.55. The normalized spacial score (nSPS) is 9.47. The third-order valence-electron chi connectivity index (χ3n) is 2.46. The van der Waals surface area contributed by atoms with Crippen LogP contribution in [-0.2, 0) is 0 Å². The molecule has 90 valence electrons. The first-order valence-electron chi connectivity index (χ1n) is 5.40. The van der Waals surface area contributed by atoms with Crippen LogP contribution in [0.1, 0.15) is 0 Å². The summed E-state index contributed by atoms with van der Waals surface area (Å²) in [4.78, 5) is 2.10. The van der Waals surface area contributed by atoms with Gasteiger partial charge in [-0.3, -0.25) is 0 Å². The van der Waals surface area contributed by atoms with Gasteiger partial charge in [0.25, 0.3) is 0 Å². The van der Waals surface area contributed by atoms with Gasteiger partial charge in [-0.05, 0) is 24.3 Å². The highest BCUT2D eigenvalue weighted by atomic mass is 16.3. The molecule has 2 rings (SSSR count). The van der Waals surface area contributed by atoms with Crippen LogP contribution in [0, 0.1) is 0 Å². The van der Waals surface area contributed by atoms with Crippen LogP contribution in [0.15, 0.2) is 60.7 Å². The Labute approximate surface area is 102 Å². The number of benzene rings is 2. The Morgan fingerprint density at radius 2 is 1.18 bits per heavy atom. The van der Waals surface area contributed by atoms with E-state index in [0.717, 1.165) is 11.4 Å². The van der Waals surface area contributed by atoms with Gasteiger partial charge in [0.1, 0.15) is 0 Å². The van der Waals surface area contributed by atoms with Crippen LogP contribution in [0.25, 0.3) is 0 Å². The molecule has 0 heterocycles. The first-order valence-corrected chi connectivity index (χ1v) is 5.40. The highest BCUT2D eigenvalue weighted by Crippen LogP contribution is 2.23. The van der Waals surface area contributed by atoms with Crippen molar-refractivity contribution in [3.05, 3.63) is 60.7 Å². The van der Waals surface area contributed by atoms with Crippen LogP contribution in [-0.4, -0.2) is 18.3 Å². The molecule has 0 saturated heterocycles. The van der Waals surface area contributed by atoms with Crippen LogP contribution in [0.4, 0.5) is 11.4 Å². The van der Waals surface area contributed by atoms with Crippen molar-refractivity contribution >= 4 is 11.4 Å². The third kappa shape index (κ3) is 3.31. The summed E-state index contributed by atoms with van der Waals surface area (Å²) in [6.07, 6.45) is 0. The van der Waals surface area contributed by atoms with Gasteiger partial charge in [-0.1, -0.05) is 36.4 Å². The predicted octanol–water partition coefficient (Wildman–Crippen LogP) is 2.98. The van der Waals surface area contributed by atoms with Crippen LogP contribution in [0.2, 0.25) is 0 Å². The predicted molar refractivity (Wildman–Crippen MR) is 72.0 cm³/mol. The summed E-state index contributed by atoms with van der Waals surface area (Å²) in [6.45, 7) is 0.748. The van der Waals surface area contributed by atoms with Gasteiger partial charge in [-0.15, -0.1) is 0 Å². The highest BCUT2D eigenvalue weighted by Gasteiger charge is 2.06. The van der Waals surface area contributed by atoms with Gasteiger partial charge >= 0.3 is 0 Å². The van der Waals surface area contributed by atoms with E-state index in [9.17, 15) is 0 Å². The van der Waals surface area contributed by atoms with Crippen LogP contribution in [0.5, 0.6) is 0 Å². The van der Waals surface area contributed by atoms with Crippen molar-refractivity contribution in [2.45, 2.75) is 0 Å². The zero-order valence-corrected chi connectivity index (χ0v) is 9.79. The van der Waals surface area contributed by atoms with Crippen molar-refractivity contribution in [3.63, 3.8) is 0 Å². The van der Waals surface area contributed by atoms with E-state index in [0.29, 0.717) is 6.54 Å². The maximum Gasteiger partial charge on any atom is 0.0610 e. The Morgan fingerprint density at radius 3 is 1.53 bits per heavy atom. The van der Waals surface area contributed by atoms with Gasteiger partial charge in [0.05, 0.1) is 6.61 Å². The molecule has 0 radical (unpaired) electrons. The quantitative estimate of drug-likeness (QED) is 0.849. The fraction of sp³-hybridized carbons (Fsp3) is 0.143. The van der Waals surface area contributed by atoms with E-state index < -0.39 is 0 Å². The molecule has 3 nitrogen and oxygen atoms in total. The molecule has 0 bridgehead atoms. The average molecular weight is 230 g/mol. The largest absolute Gasteiger partial charge is 0.395 e. The number of nitrogens with zero attached hydrogens (tertiary/aromatic N) is 1. The first-order chi connectivity index (χ1) is 7.92. The molecule has 0 aliphatic heterocycles. The fourth-order valence-corrected chi connectivity index (χ4v) is 1.72. The van der Waals surface area contributed by atoms with Crippen LogP contribution < -0.4 is 11.1 Å². The van der Waals surface area contributed by atoms with Gasteiger partial charge in [0.15, 0.2) is 0 Å². The molecule has 0 saturated carbocycles. The lowest BCUT2D eigenvalue weighted by Gasteiger charge is -2.23. The molecule has 2 aromatic carbocycles. The van der Waals surface area contributed by atoms with Crippen molar-refractivity contribution in [1.29, 1.82) is 0 Å². The summed E-state index contributed by atoms with van der Waals surface area (Å²) in [6, 6.07) is 20.2. The molecular formula is C14H18N2O.